The number of halogens is 1. The molecule has 0 bridgehead atoms. The van der Waals surface area contributed by atoms with Gasteiger partial charge in [0.25, 0.3) is 0 Å². The third kappa shape index (κ3) is 5.35. The van der Waals surface area contributed by atoms with Crippen molar-refractivity contribution < 1.29 is 13.9 Å². The number of aromatic nitrogens is 5. The summed E-state index contributed by atoms with van der Waals surface area (Å²) in [6, 6.07) is 7.02. The van der Waals surface area contributed by atoms with Crippen molar-refractivity contribution in [1.29, 1.82) is 0 Å². The first kappa shape index (κ1) is 22.0. The quantitative estimate of drug-likeness (QED) is 0.446. The Bertz CT molecular complexity index is 1290. The Balaban J connectivity index is 1.46. The maximum Gasteiger partial charge on any atom is 0.323 e. The Labute approximate surface area is 190 Å². The van der Waals surface area contributed by atoms with Crippen LogP contribution >= 0.6 is 0 Å². The van der Waals surface area contributed by atoms with Crippen molar-refractivity contribution in [2.45, 2.75) is 26.3 Å². The van der Waals surface area contributed by atoms with Crippen LogP contribution in [0.5, 0.6) is 11.8 Å². The van der Waals surface area contributed by atoms with Crippen LogP contribution in [0.2, 0.25) is 0 Å². The van der Waals surface area contributed by atoms with E-state index in [9.17, 15) is 9.18 Å². The van der Waals surface area contributed by atoms with E-state index in [1.165, 1.54) is 18.2 Å². The normalized spacial score (nSPS) is 11.3. The molecule has 3 heterocycles. The lowest BCUT2D eigenvalue weighted by molar-refractivity contribution is 0.262. The number of rotatable bonds is 5. The number of hydrogen-bond acceptors (Lipinski definition) is 5. The van der Waals surface area contributed by atoms with Crippen LogP contribution < -0.4 is 15.4 Å². The molecule has 4 rings (SSSR count). The summed E-state index contributed by atoms with van der Waals surface area (Å²) in [5.74, 6) is -0.330. The van der Waals surface area contributed by atoms with Crippen molar-refractivity contribution >= 4 is 17.4 Å². The van der Waals surface area contributed by atoms with Crippen LogP contribution in [0.3, 0.4) is 0 Å². The van der Waals surface area contributed by atoms with Crippen molar-refractivity contribution in [2.75, 3.05) is 10.6 Å². The van der Waals surface area contributed by atoms with E-state index in [0.29, 0.717) is 11.4 Å². The summed E-state index contributed by atoms with van der Waals surface area (Å²) in [7, 11) is 1.81. The van der Waals surface area contributed by atoms with Gasteiger partial charge in [-0.3, -0.25) is 4.68 Å². The molecule has 0 saturated heterocycles. The van der Waals surface area contributed by atoms with Gasteiger partial charge >= 0.3 is 12.0 Å². The molecule has 2 amide bonds. The van der Waals surface area contributed by atoms with E-state index in [1.54, 1.807) is 29.2 Å². The highest BCUT2D eigenvalue weighted by Crippen LogP contribution is 2.26. The molecule has 10 heteroatoms. The maximum atomic E-state index is 14.3. The van der Waals surface area contributed by atoms with Gasteiger partial charge in [0, 0.05) is 49.0 Å². The molecule has 0 aliphatic heterocycles. The smallest absolute Gasteiger partial charge is 0.323 e. The number of carbonyl (C=O) groups excluding carboxylic acids is 1. The SMILES string of the molecule is Cn1cc(-c2ccnc(Oc3ccc(F)c(NC(=O)Nc4ccn(C(C)(C)C)c4)c3)n2)cn1. The van der Waals surface area contributed by atoms with E-state index in [1.807, 2.05) is 51.0 Å². The molecule has 170 valence electrons. The third-order valence-corrected chi connectivity index (χ3v) is 4.75. The van der Waals surface area contributed by atoms with Crippen molar-refractivity contribution in [1.82, 2.24) is 24.3 Å². The zero-order valence-corrected chi connectivity index (χ0v) is 18.7. The fraction of sp³-hybridized carbons (Fsp3) is 0.217. The van der Waals surface area contributed by atoms with Gasteiger partial charge < -0.3 is 19.9 Å². The zero-order chi connectivity index (χ0) is 23.6. The molecular formula is C23H24FN7O2. The lowest BCUT2D eigenvalue weighted by Gasteiger charge is -2.20. The predicted molar refractivity (Wildman–Crippen MR) is 123 cm³/mol. The van der Waals surface area contributed by atoms with Crippen molar-refractivity contribution in [3.63, 3.8) is 0 Å². The molecule has 4 aromatic rings. The van der Waals surface area contributed by atoms with E-state index >= 15 is 0 Å². The number of aryl methyl sites for hydroxylation is 1. The van der Waals surface area contributed by atoms with Crippen LogP contribution in [-0.2, 0) is 12.6 Å². The Kier molecular flexibility index (Phi) is 5.82. The first-order valence-corrected chi connectivity index (χ1v) is 10.2. The number of carbonyl (C=O) groups is 1. The largest absolute Gasteiger partial charge is 0.424 e. The molecule has 0 spiro atoms. The molecule has 0 atom stereocenters. The zero-order valence-electron chi connectivity index (χ0n) is 18.7. The van der Waals surface area contributed by atoms with Gasteiger partial charge in [-0.2, -0.15) is 10.1 Å². The van der Waals surface area contributed by atoms with E-state index in [0.717, 1.165) is 5.56 Å². The fourth-order valence-electron chi connectivity index (χ4n) is 3.05. The first-order valence-electron chi connectivity index (χ1n) is 10.2. The molecular weight excluding hydrogens is 425 g/mol. The molecule has 0 radical (unpaired) electrons. The minimum absolute atomic E-state index is 0.0383. The van der Waals surface area contributed by atoms with E-state index in [-0.39, 0.29) is 23.0 Å². The Hall–Kier alpha value is -4.21. The molecule has 2 N–H and O–H groups in total. The van der Waals surface area contributed by atoms with Crippen LogP contribution in [0.15, 0.2) is 61.3 Å². The van der Waals surface area contributed by atoms with E-state index in [2.05, 4.69) is 25.7 Å². The summed E-state index contributed by atoms with van der Waals surface area (Å²) >= 11 is 0. The van der Waals surface area contributed by atoms with Crippen LogP contribution in [0.25, 0.3) is 11.3 Å². The standard InChI is InChI=1S/C23H24FN7O2/c1-23(2,3)31-10-8-16(14-31)27-21(32)28-20-11-17(5-6-18(20)24)33-22-25-9-7-19(29-22)15-12-26-30(4)13-15/h5-14H,1-4H3,(H2,27,28,32). The van der Waals surface area contributed by atoms with Crippen molar-refractivity contribution in [3.8, 4) is 23.0 Å². The minimum atomic E-state index is -0.602. The highest BCUT2D eigenvalue weighted by molar-refractivity contribution is 5.99. The number of urea groups is 1. The molecule has 0 aliphatic rings. The average molecular weight is 449 g/mol. The van der Waals surface area contributed by atoms with Crippen LogP contribution in [0, 0.1) is 5.82 Å². The first-order chi connectivity index (χ1) is 15.7. The minimum Gasteiger partial charge on any atom is -0.424 e. The van der Waals surface area contributed by atoms with Gasteiger partial charge in [0.1, 0.15) is 11.6 Å². The fourth-order valence-corrected chi connectivity index (χ4v) is 3.05. The lowest BCUT2D eigenvalue weighted by Crippen LogP contribution is -2.21. The van der Waals surface area contributed by atoms with Crippen LogP contribution in [0.1, 0.15) is 20.8 Å². The second kappa shape index (κ2) is 8.73. The summed E-state index contributed by atoms with van der Waals surface area (Å²) in [6.45, 7) is 6.15. The lowest BCUT2D eigenvalue weighted by atomic mass is 10.1. The number of nitrogens with one attached hydrogen (secondary N) is 2. The number of hydrogen-bond donors (Lipinski definition) is 2. The highest BCUT2D eigenvalue weighted by Gasteiger charge is 2.14. The number of anilines is 2. The number of benzene rings is 1. The maximum absolute atomic E-state index is 14.3. The van der Waals surface area contributed by atoms with Crippen molar-refractivity contribution in [2.24, 2.45) is 7.05 Å². The predicted octanol–water partition coefficient (Wildman–Crippen LogP) is 5.01. The molecule has 9 nitrogen and oxygen atoms in total. The number of ether oxygens (including phenoxy) is 1. The molecule has 3 aromatic heterocycles. The second-order valence-corrected chi connectivity index (χ2v) is 8.43. The monoisotopic (exact) mass is 449 g/mol. The number of amides is 2. The van der Waals surface area contributed by atoms with Gasteiger partial charge in [-0.05, 0) is 45.0 Å². The Morgan fingerprint density at radius 2 is 1.94 bits per heavy atom. The van der Waals surface area contributed by atoms with Gasteiger partial charge in [0.15, 0.2) is 0 Å². The molecule has 0 aliphatic carbocycles. The van der Waals surface area contributed by atoms with Gasteiger partial charge in [0.05, 0.1) is 23.3 Å². The van der Waals surface area contributed by atoms with Gasteiger partial charge in [-0.15, -0.1) is 0 Å². The average Bonchev–Trinajstić information content (AvgIpc) is 3.40. The summed E-state index contributed by atoms with van der Waals surface area (Å²) in [4.78, 5) is 20.9. The Morgan fingerprint density at radius 3 is 2.64 bits per heavy atom. The summed E-state index contributed by atoms with van der Waals surface area (Å²) in [6.07, 6.45) is 8.73. The topological polar surface area (TPSA) is 98.9 Å². The molecule has 33 heavy (non-hydrogen) atoms. The van der Waals surface area contributed by atoms with E-state index < -0.39 is 11.8 Å². The van der Waals surface area contributed by atoms with Gasteiger partial charge in [0.2, 0.25) is 0 Å². The molecule has 0 saturated carbocycles. The summed E-state index contributed by atoms with van der Waals surface area (Å²) < 4.78 is 23.6. The number of nitrogens with zero attached hydrogens (tertiary/aromatic N) is 5. The molecule has 0 fully saturated rings. The third-order valence-electron chi connectivity index (χ3n) is 4.75. The molecule has 1 aromatic carbocycles. The Morgan fingerprint density at radius 1 is 1.12 bits per heavy atom. The highest BCUT2D eigenvalue weighted by atomic mass is 19.1. The van der Waals surface area contributed by atoms with Crippen molar-refractivity contribution in [3.05, 3.63) is 67.1 Å². The second-order valence-electron chi connectivity index (χ2n) is 8.43. The van der Waals surface area contributed by atoms with Crippen LogP contribution in [0.4, 0.5) is 20.6 Å². The van der Waals surface area contributed by atoms with Crippen LogP contribution in [-0.4, -0.2) is 30.3 Å². The summed E-state index contributed by atoms with van der Waals surface area (Å²) in [5.41, 5.74) is 1.88. The molecule has 0 unspecified atom stereocenters. The summed E-state index contributed by atoms with van der Waals surface area (Å²) in [5, 5.41) is 9.33. The van der Waals surface area contributed by atoms with E-state index in [4.69, 9.17) is 4.74 Å². The van der Waals surface area contributed by atoms with Gasteiger partial charge in [-0.25, -0.2) is 14.2 Å². The van der Waals surface area contributed by atoms with Gasteiger partial charge in [-0.1, -0.05) is 0 Å².